The Balaban J connectivity index is 1.99. The minimum absolute atomic E-state index is 0.0351. The van der Waals surface area contributed by atoms with Crippen LogP contribution in [0, 0.1) is 0 Å². The Bertz CT molecular complexity index is 902. The quantitative estimate of drug-likeness (QED) is 0.664. The third kappa shape index (κ3) is 3.60. The molecule has 0 saturated heterocycles. The molecule has 6 nitrogen and oxygen atoms in total. The topological polar surface area (TPSA) is 62.5 Å². The van der Waals surface area contributed by atoms with E-state index in [2.05, 4.69) is 22.3 Å². The van der Waals surface area contributed by atoms with Gasteiger partial charge in [0.25, 0.3) is 0 Å². The molecule has 3 rings (SSSR count). The van der Waals surface area contributed by atoms with E-state index in [1.54, 1.807) is 11.8 Å². The fourth-order valence-electron chi connectivity index (χ4n) is 3.10. The van der Waals surface area contributed by atoms with Gasteiger partial charge >= 0.3 is 0 Å². The van der Waals surface area contributed by atoms with Crippen LogP contribution in [-0.2, 0) is 11.3 Å². The van der Waals surface area contributed by atoms with Crippen molar-refractivity contribution < 1.29 is 4.79 Å². The first-order chi connectivity index (χ1) is 12.7. The number of nitrogens with zero attached hydrogens (tertiary/aromatic N) is 4. The van der Waals surface area contributed by atoms with Gasteiger partial charge in [-0.15, -0.1) is 0 Å². The van der Waals surface area contributed by atoms with Gasteiger partial charge in [-0.2, -0.15) is 5.10 Å². The average molecular weight is 351 g/mol. The molecule has 136 valence electrons. The molecule has 26 heavy (non-hydrogen) atoms. The molecule has 0 spiro atoms. The van der Waals surface area contributed by atoms with Crippen LogP contribution >= 0.6 is 0 Å². The molecular formula is C20H25N5O. The lowest BCUT2D eigenvalue weighted by Gasteiger charge is -2.19. The van der Waals surface area contributed by atoms with Crippen LogP contribution in [0.15, 0.2) is 42.7 Å². The Hall–Kier alpha value is -2.73. The fraction of sp³-hybridized carbons (Fsp3) is 0.350. The maximum Gasteiger partial charge on any atom is 0.223 e. The van der Waals surface area contributed by atoms with Gasteiger partial charge in [0.15, 0.2) is 5.65 Å². The number of carbonyl (C=O) groups excluding carboxylic acids is 1. The van der Waals surface area contributed by atoms with Gasteiger partial charge < -0.3 is 10.2 Å². The number of amides is 1. The van der Waals surface area contributed by atoms with Crippen LogP contribution in [0.3, 0.4) is 0 Å². The summed E-state index contributed by atoms with van der Waals surface area (Å²) >= 11 is 0. The first-order valence-corrected chi connectivity index (χ1v) is 9.06. The Morgan fingerprint density at radius 2 is 2.12 bits per heavy atom. The number of aromatic nitrogens is 3. The summed E-state index contributed by atoms with van der Waals surface area (Å²) in [7, 11) is 0. The summed E-state index contributed by atoms with van der Waals surface area (Å²) in [5.41, 5.74) is 4.79. The van der Waals surface area contributed by atoms with E-state index in [9.17, 15) is 4.79 Å². The summed E-state index contributed by atoms with van der Waals surface area (Å²) in [6, 6.07) is 9.93. The lowest BCUT2D eigenvalue weighted by molar-refractivity contribution is -0.116. The number of fused-ring (bicyclic) bond motifs is 1. The SMILES string of the molecule is CCCNCc1cnn2c(-c3cccc(N(CC)C(C)=O)c3)ccnc12. The summed E-state index contributed by atoms with van der Waals surface area (Å²) in [6.45, 7) is 8.07. The average Bonchev–Trinajstić information content (AvgIpc) is 3.06. The van der Waals surface area contributed by atoms with Gasteiger partial charge in [-0.3, -0.25) is 4.79 Å². The predicted molar refractivity (Wildman–Crippen MR) is 104 cm³/mol. The molecule has 0 saturated carbocycles. The molecule has 2 aromatic heterocycles. The second kappa shape index (κ2) is 8.10. The number of anilines is 1. The molecule has 0 atom stereocenters. The Kier molecular flexibility index (Phi) is 5.63. The molecule has 6 heteroatoms. The molecule has 0 aliphatic rings. The van der Waals surface area contributed by atoms with Gasteiger partial charge in [0, 0.05) is 43.0 Å². The lowest BCUT2D eigenvalue weighted by atomic mass is 10.1. The zero-order valence-electron chi connectivity index (χ0n) is 15.6. The third-order valence-corrected chi connectivity index (χ3v) is 4.37. The van der Waals surface area contributed by atoms with Gasteiger partial charge in [0.2, 0.25) is 5.91 Å². The van der Waals surface area contributed by atoms with Gasteiger partial charge in [0.05, 0.1) is 11.9 Å². The van der Waals surface area contributed by atoms with Gasteiger partial charge in [-0.1, -0.05) is 19.1 Å². The molecule has 0 radical (unpaired) electrons. The highest BCUT2D eigenvalue weighted by atomic mass is 16.2. The van der Waals surface area contributed by atoms with Crippen LogP contribution in [0.4, 0.5) is 5.69 Å². The molecule has 0 fully saturated rings. The smallest absolute Gasteiger partial charge is 0.223 e. The standard InChI is InChI=1S/C20H25N5O/c1-4-10-21-13-17-14-23-25-19(9-11-22-20(17)25)16-7-6-8-18(12-16)24(5-2)15(3)26/h6-9,11-12,14,21H,4-5,10,13H2,1-3H3. The van der Waals surface area contributed by atoms with E-state index in [1.807, 2.05) is 54.2 Å². The molecular weight excluding hydrogens is 326 g/mol. The van der Waals surface area contributed by atoms with Gasteiger partial charge in [-0.05, 0) is 38.1 Å². The van der Waals surface area contributed by atoms with Crippen LogP contribution in [0.25, 0.3) is 16.9 Å². The molecule has 0 unspecified atom stereocenters. The van der Waals surface area contributed by atoms with Crippen molar-refractivity contribution in [3.05, 3.63) is 48.3 Å². The maximum absolute atomic E-state index is 11.9. The molecule has 0 aliphatic heterocycles. The molecule has 0 bridgehead atoms. The number of benzene rings is 1. The van der Waals surface area contributed by atoms with Crippen molar-refractivity contribution in [1.29, 1.82) is 0 Å². The maximum atomic E-state index is 11.9. The monoisotopic (exact) mass is 351 g/mol. The van der Waals surface area contributed by atoms with Crippen LogP contribution in [0.5, 0.6) is 0 Å². The van der Waals surface area contributed by atoms with Crippen LogP contribution in [0.2, 0.25) is 0 Å². The lowest BCUT2D eigenvalue weighted by Crippen LogP contribution is -2.27. The number of hydrogen-bond donors (Lipinski definition) is 1. The van der Waals surface area contributed by atoms with Gasteiger partial charge in [0.1, 0.15) is 0 Å². The molecule has 3 aromatic rings. The fourth-order valence-corrected chi connectivity index (χ4v) is 3.10. The minimum Gasteiger partial charge on any atom is -0.313 e. The molecule has 2 heterocycles. The van der Waals surface area contributed by atoms with E-state index in [4.69, 9.17) is 0 Å². The Morgan fingerprint density at radius 3 is 2.85 bits per heavy atom. The second-order valence-corrected chi connectivity index (χ2v) is 6.23. The van der Waals surface area contributed by atoms with E-state index in [0.717, 1.165) is 47.7 Å². The van der Waals surface area contributed by atoms with E-state index in [-0.39, 0.29) is 5.91 Å². The summed E-state index contributed by atoms with van der Waals surface area (Å²) in [4.78, 5) is 18.1. The van der Waals surface area contributed by atoms with Gasteiger partial charge in [-0.25, -0.2) is 9.50 Å². The van der Waals surface area contributed by atoms with Crippen molar-refractivity contribution in [2.24, 2.45) is 0 Å². The zero-order chi connectivity index (χ0) is 18.5. The number of rotatable bonds is 7. The van der Waals surface area contributed by atoms with Crippen LogP contribution in [-0.4, -0.2) is 33.6 Å². The minimum atomic E-state index is 0.0351. The normalized spacial score (nSPS) is 11.0. The zero-order valence-corrected chi connectivity index (χ0v) is 15.6. The first kappa shape index (κ1) is 18.1. The van der Waals surface area contributed by atoms with E-state index in [0.29, 0.717) is 6.54 Å². The highest BCUT2D eigenvalue weighted by Gasteiger charge is 2.13. The number of carbonyl (C=O) groups is 1. The Labute approximate surface area is 153 Å². The van der Waals surface area contributed by atoms with E-state index in [1.165, 1.54) is 0 Å². The number of nitrogens with one attached hydrogen (secondary N) is 1. The second-order valence-electron chi connectivity index (χ2n) is 6.23. The van der Waals surface area contributed by atoms with Crippen LogP contribution < -0.4 is 10.2 Å². The molecule has 1 aromatic carbocycles. The molecule has 1 N–H and O–H groups in total. The van der Waals surface area contributed by atoms with E-state index < -0.39 is 0 Å². The van der Waals surface area contributed by atoms with Crippen LogP contribution in [0.1, 0.15) is 32.8 Å². The van der Waals surface area contributed by atoms with Crippen molar-refractivity contribution in [1.82, 2.24) is 19.9 Å². The highest BCUT2D eigenvalue weighted by Crippen LogP contribution is 2.25. The highest BCUT2D eigenvalue weighted by molar-refractivity contribution is 5.92. The summed E-state index contributed by atoms with van der Waals surface area (Å²) < 4.78 is 1.87. The van der Waals surface area contributed by atoms with E-state index >= 15 is 0 Å². The Morgan fingerprint density at radius 1 is 1.27 bits per heavy atom. The summed E-state index contributed by atoms with van der Waals surface area (Å²) in [5, 5.41) is 7.93. The van der Waals surface area contributed by atoms with Crippen molar-refractivity contribution in [3.63, 3.8) is 0 Å². The predicted octanol–water partition coefficient (Wildman–Crippen LogP) is 3.27. The summed E-state index contributed by atoms with van der Waals surface area (Å²) in [5.74, 6) is 0.0351. The third-order valence-electron chi connectivity index (χ3n) is 4.37. The number of hydrogen-bond acceptors (Lipinski definition) is 4. The van der Waals surface area contributed by atoms with Crippen molar-refractivity contribution in [2.75, 3.05) is 18.0 Å². The largest absolute Gasteiger partial charge is 0.313 e. The molecule has 1 amide bonds. The van der Waals surface area contributed by atoms with Crippen molar-refractivity contribution in [3.8, 4) is 11.3 Å². The first-order valence-electron chi connectivity index (χ1n) is 9.06. The summed E-state index contributed by atoms with van der Waals surface area (Å²) in [6.07, 6.45) is 4.77. The molecule has 0 aliphatic carbocycles. The van der Waals surface area contributed by atoms with Crippen molar-refractivity contribution >= 4 is 17.2 Å². The van der Waals surface area contributed by atoms with Crippen molar-refractivity contribution in [2.45, 2.75) is 33.7 Å².